The van der Waals surface area contributed by atoms with Crippen molar-refractivity contribution in [3.05, 3.63) is 40.4 Å². The zero-order valence-corrected chi connectivity index (χ0v) is 9.83. The molecule has 1 fully saturated rings. The maximum Gasteiger partial charge on any atom is 0.334 e. The molecule has 0 bridgehead atoms. The van der Waals surface area contributed by atoms with E-state index in [2.05, 4.69) is 0 Å². The van der Waals surface area contributed by atoms with Crippen molar-refractivity contribution in [3.8, 4) is 0 Å². The Labute approximate surface area is 99.9 Å². The van der Waals surface area contributed by atoms with Crippen LogP contribution in [0.1, 0.15) is 25.3 Å². The van der Waals surface area contributed by atoms with Crippen LogP contribution in [0, 0.1) is 0 Å². The van der Waals surface area contributed by atoms with Crippen molar-refractivity contribution < 1.29 is 9.53 Å². The van der Waals surface area contributed by atoms with Crippen LogP contribution in [-0.2, 0) is 9.53 Å². The fourth-order valence-corrected chi connectivity index (χ4v) is 1.91. The molecule has 0 radical (unpaired) electrons. The standard InChI is InChI=1S/C13H13ClO2/c1-2-11-8-10(13(15)16-11)7-9-5-3-4-6-12(9)14/h3-7,11H,2,8H2,1H3. The van der Waals surface area contributed by atoms with Crippen LogP contribution in [0.2, 0.25) is 5.02 Å². The summed E-state index contributed by atoms with van der Waals surface area (Å²) in [5, 5.41) is 0.655. The molecule has 1 heterocycles. The second-order valence-corrected chi connectivity index (χ2v) is 4.24. The van der Waals surface area contributed by atoms with E-state index in [1.165, 1.54) is 0 Å². The predicted molar refractivity (Wildman–Crippen MR) is 64.2 cm³/mol. The third-order valence-corrected chi connectivity index (χ3v) is 3.02. The molecule has 0 aliphatic carbocycles. The van der Waals surface area contributed by atoms with Gasteiger partial charge in [-0.25, -0.2) is 4.79 Å². The number of carbonyl (C=O) groups excluding carboxylic acids is 1. The van der Waals surface area contributed by atoms with Gasteiger partial charge in [0.05, 0.1) is 0 Å². The van der Waals surface area contributed by atoms with Crippen LogP contribution in [0.5, 0.6) is 0 Å². The number of benzene rings is 1. The Morgan fingerprint density at radius 2 is 2.25 bits per heavy atom. The Hall–Kier alpha value is -1.28. The minimum Gasteiger partial charge on any atom is -0.459 e. The summed E-state index contributed by atoms with van der Waals surface area (Å²) in [6.45, 7) is 2.01. The fourth-order valence-electron chi connectivity index (χ4n) is 1.72. The quantitative estimate of drug-likeness (QED) is 0.581. The summed E-state index contributed by atoms with van der Waals surface area (Å²) in [5.41, 5.74) is 1.58. The first-order chi connectivity index (χ1) is 7.70. The Kier molecular flexibility index (Phi) is 3.30. The Morgan fingerprint density at radius 1 is 1.50 bits per heavy atom. The lowest BCUT2D eigenvalue weighted by atomic mass is 10.1. The van der Waals surface area contributed by atoms with E-state index in [-0.39, 0.29) is 12.1 Å². The summed E-state index contributed by atoms with van der Waals surface area (Å²) in [6, 6.07) is 7.47. The van der Waals surface area contributed by atoms with E-state index in [0.29, 0.717) is 17.0 Å². The number of cyclic esters (lactones) is 1. The molecular formula is C13H13ClO2. The molecule has 0 N–H and O–H groups in total. The molecule has 3 heteroatoms. The van der Waals surface area contributed by atoms with Gasteiger partial charge in [0.15, 0.2) is 0 Å². The number of esters is 1. The van der Waals surface area contributed by atoms with E-state index in [1.54, 1.807) is 0 Å². The average molecular weight is 237 g/mol. The molecule has 1 unspecified atom stereocenters. The first-order valence-corrected chi connectivity index (χ1v) is 5.74. The maximum atomic E-state index is 11.5. The summed E-state index contributed by atoms with van der Waals surface area (Å²) in [7, 11) is 0. The van der Waals surface area contributed by atoms with E-state index >= 15 is 0 Å². The van der Waals surface area contributed by atoms with Gasteiger partial charge in [-0.2, -0.15) is 0 Å². The molecule has 1 aliphatic rings. The number of halogens is 1. The van der Waals surface area contributed by atoms with Gasteiger partial charge in [-0.3, -0.25) is 0 Å². The summed E-state index contributed by atoms with van der Waals surface area (Å²) in [4.78, 5) is 11.5. The topological polar surface area (TPSA) is 26.3 Å². The molecule has 0 spiro atoms. The molecule has 2 rings (SSSR count). The number of hydrogen-bond acceptors (Lipinski definition) is 2. The van der Waals surface area contributed by atoms with Gasteiger partial charge in [-0.1, -0.05) is 36.7 Å². The highest BCUT2D eigenvalue weighted by Crippen LogP contribution is 2.26. The number of hydrogen-bond donors (Lipinski definition) is 0. The molecule has 84 valence electrons. The number of ether oxygens (including phenoxy) is 1. The van der Waals surface area contributed by atoms with E-state index in [4.69, 9.17) is 16.3 Å². The number of rotatable bonds is 2. The van der Waals surface area contributed by atoms with E-state index in [1.807, 2.05) is 37.3 Å². The van der Waals surface area contributed by atoms with Crippen molar-refractivity contribution in [2.24, 2.45) is 0 Å². The molecule has 1 aliphatic heterocycles. The van der Waals surface area contributed by atoms with Crippen LogP contribution in [0.4, 0.5) is 0 Å². The molecule has 0 amide bonds. The summed E-state index contributed by atoms with van der Waals surface area (Å²) in [5.74, 6) is -0.216. The zero-order chi connectivity index (χ0) is 11.5. The van der Waals surface area contributed by atoms with Gasteiger partial charge in [0.1, 0.15) is 6.10 Å². The minimum atomic E-state index is -0.216. The minimum absolute atomic E-state index is 0.0289. The van der Waals surface area contributed by atoms with Crippen molar-refractivity contribution in [2.75, 3.05) is 0 Å². The van der Waals surface area contributed by atoms with E-state index in [9.17, 15) is 4.79 Å². The first-order valence-electron chi connectivity index (χ1n) is 5.36. The predicted octanol–water partition coefficient (Wildman–Crippen LogP) is 3.45. The molecule has 1 saturated heterocycles. The summed E-state index contributed by atoms with van der Waals surface area (Å²) in [6.07, 6.45) is 3.38. The lowest BCUT2D eigenvalue weighted by Gasteiger charge is -2.01. The number of carbonyl (C=O) groups is 1. The van der Waals surface area contributed by atoms with Gasteiger partial charge in [-0.15, -0.1) is 0 Å². The van der Waals surface area contributed by atoms with Crippen molar-refractivity contribution in [1.82, 2.24) is 0 Å². The van der Waals surface area contributed by atoms with Crippen LogP contribution in [0.3, 0.4) is 0 Å². The van der Waals surface area contributed by atoms with Gasteiger partial charge >= 0.3 is 5.97 Å². The molecule has 1 aromatic carbocycles. The maximum absolute atomic E-state index is 11.5. The normalized spacial score (nSPS) is 22.5. The van der Waals surface area contributed by atoms with E-state index in [0.717, 1.165) is 12.0 Å². The lowest BCUT2D eigenvalue weighted by molar-refractivity contribution is -0.138. The highest BCUT2D eigenvalue weighted by molar-refractivity contribution is 6.32. The second-order valence-electron chi connectivity index (χ2n) is 3.83. The monoisotopic (exact) mass is 236 g/mol. The first kappa shape index (κ1) is 11.2. The SMILES string of the molecule is CCC1CC(=Cc2ccccc2Cl)C(=O)O1. The van der Waals surface area contributed by atoms with E-state index < -0.39 is 0 Å². The molecular weight excluding hydrogens is 224 g/mol. The van der Waals surface area contributed by atoms with Gasteiger partial charge in [0, 0.05) is 17.0 Å². The van der Waals surface area contributed by atoms with Crippen LogP contribution >= 0.6 is 11.6 Å². The van der Waals surface area contributed by atoms with Gasteiger partial charge in [0.2, 0.25) is 0 Å². The molecule has 2 nitrogen and oxygen atoms in total. The molecule has 16 heavy (non-hydrogen) atoms. The summed E-state index contributed by atoms with van der Waals surface area (Å²) >= 11 is 6.02. The van der Waals surface area contributed by atoms with Gasteiger partial charge in [0.25, 0.3) is 0 Å². The van der Waals surface area contributed by atoms with Crippen LogP contribution < -0.4 is 0 Å². The third kappa shape index (κ3) is 2.27. The third-order valence-electron chi connectivity index (χ3n) is 2.67. The van der Waals surface area contributed by atoms with Crippen molar-refractivity contribution in [2.45, 2.75) is 25.9 Å². The van der Waals surface area contributed by atoms with Gasteiger partial charge in [-0.05, 0) is 24.1 Å². The molecule has 0 aromatic heterocycles. The summed E-state index contributed by atoms with van der Waals surface area (Å²) < 4.78 is 5.18. The fraction of sp³-hybridized carbons (Fsp3) is 0.308. The van der Waals surface area contributed by atoms with Crippen molar-refractivity contribution in [1.29, 1.82) is 0 Å². The molecule has 1 aromatic rings. The molecule has 0 saturated carbocycles. The highest BCUT2D eigenvalue weighted by Gasteiger charge is 2.27. The van der Waals surface area contributed by atoms with Crippen molar-refractivity contribution in [3.63, 3.8) is 0 Å². The van der Waals surface area contributed by atoms with Crippen LogP contribution in [0.15, 0.2) is 29.8 Å². The zero-order valence-electron chi connectivity index (χ0n) is 9.07. The Balaban J connectivity index is 2.25. The van der Waals surface area contributed by atoms with Crippen LogP contribution in [0.25, 0.3) is 6.08 Å². The lowest BCUT2D eigenvalue weighted by Crippen LogP contribution is -2.03. The average Bonchev–Trinajstić information content (AvgIpc) is 2.63. The molecule has 1 atom stereocenters. The van der Waals surface area contributed by atoms with Gasteiger partial charge < -0.3 is 4.74 Å². The van der Waals surface area contributed by atoms with Crippen molar-refractivity contribution >= 4 is 23.6 Å². The highest BCUT2D eigenvalue weighted by atomic mass is 35.5. The second kappa shape index (κ2) is 4.71. The van der Waals surface area contributed by atoms with Crippen LogP contribution in [-0.4, -0.2) is 12.1 Å². The Bertz CT molecular complexity index is 437. The largest absolute Gasteiger partial charge is 0.459 e. The Morgan fingerprint density at radius 3 is 2.88 bits per heavy atom. The smallest absolute Gasteiger partial charge is 0.334 e.